The average molecular weight is 267 g/mol. The number of aliphatic hydroxyl groups is 1. The van der Waals surface area contributed by atoms with Crippen LogP contribution in [0.2, 0.25) is 0 Å². The maximum atomic E-state index is 14.0. The van der Waals surface area contributed by atoms with Crippen LogP contribution >= 0.6 is 0 Å². The first-order valence-electron chi connectivity index (χ1n) is 5.97. The minimum absolute atomic E-state index is 0.110. The molecule has 1 aliphatic heterocycles. The highest BCUT2D eigenvalue weighted by Crippen LogP contribution is 2.33. The lowest BCUT2D eigenvalue weighted by Gasteiger charge is -2.15. The zero-order valence-corrected chi connectivity index (χ0v) is 10.3. The number of anilines is 1. The molecule has 1 unspecified atom stereocenters. The molecule has 19 heavy (non-hydrogen) atoms. The summed E-state index contributed by atoms with van der Waals surface area (Å²) in [7, 11) is 0. The minimum Gasteiger partial charge on any atom is -0.394 e. The van der Waals surface area contributed by atoms with E-state index >= 15 is 0 Å². The summed E-state index contributed by atoms with van der Waals surface area (Å²) in [5.74, 6) is 0.110. The van der Waals surface area contributed by atoms with Crippen LogP contribution in [0.15, 0.2) is 6.33 Å². The van der Waals surface area contributed by atoms with Crippen LogP contribution in [0.4, 0.5) is 10.3 Å². The molecule has 0 saturated carbocycles. The Kier molecular flexibility index (Phi) is 2.83. The number of aryl methyl sites for hydroxylation is 1. The van der Waals surface area contributed by atoms with Crippen molar-refractivity contribution in [3.8, 4) is 0 Å². The van der Waals surface area contributed by atoms with Crippen LogP contribution in [-0.4, -0.2) is 43.5 Å². The Bertz CT molecular complexity index is 616. The molecule has 3 N–H and O–H groups in total. The van der Waals surface area contributed by atoms with Gasteiger partial charge in [-0.05, 0) is 6.92 Å². The van der Waals surface area contributed by atoms with E-state index in [-0.39, 0.29) is 19.0 Å². The summed E-state index contributed by atoms with van der Waals surface area (Å²) >= 11 is 0. The fraction of sp³-hybridized carbons (Fsp3) is 0.545. The lowest BCUT2D eigenvalue weighted by molar-refractivity contribution is -0.0351. The second kappa shape index (κ2) is 4.39. The summed E-state index contributed by atoms with van der Waals surface area (Å²) in [5.41, 5.74) is 7.24. The molecular weight excluding hydrogens is 253 g/mol. The molecule has 3 atom stereocenters. The molecule has 2 aromatic heterocycles. The Hall–Kier alpha value is -1.80. The molecule has 0 bridgehead atoms. The van der Waals surface area contributed by atoms with Crippen molar-refractivity contribution in [2.75, 3.05) is 12.3 Å². The number of nitrogens with zero attached hydrogens (tertiary/aromatic N) is 4. The van der Waals surface area contributed by atoms with Crippen molar-refractivity contribution in [1.29, 1.82) is 0 Å². The first kappa shape index (κ1) is 12.2. The largest absolute Gasteiger partial charge is 0.394 e. The minimum atomic E-state index is -1.22. The average Bonchev–Trinajstić information content (AvgIpc) is 2.92. The van der Waals surface area contributed by atoms with Gasteiger partial charge in [0.25, 0.3) is 0 Å². The quantitative estimate of drug-likeness (QED) is 0.813. The van der Waals surface area contributed by atoms with Gasteiger partial charge in [0.15, 0.2) is 11.9 Å². The zero-order chi connectivity index (χ0) is 13.6. The topological polar surface area (TPSA) is 99.1 Å². The fourth-order valence-corrected chi connectivity index (χ4v) is 2.33. The summed E-state index contributed by atoms with van der Waals surface area (Å²) in [6.45, 7) is 1.55. The highest BCUT2D eigenvalue weighted by atomic mass is 19.1. The third-order valence-electron chi connectivity index (χ3n) is 3.22. The molecule has 1 saturated heterocycles. The van der Waals surface area contributed by atoms with E-state index in [1.165, 1.54) is 10.9 Å². The summed E-state index contributed by atoms with van der Waals surface area (Å²) in [6, 6.07) is 0. The summed E-state index contributed by atoms with van der Waals surface area (Å²) < 4.78 is 20.9. The zero-order valence-electron chi connectivity index (χ0n) is 10.3. The standard InChI is InChI=1S/C11H14FN5O2/c1-5-8-9(16-11(13)15-5)17(4-14-8)10-7(12)2-6(3-18)19-10/h4,6-7,10,18H,2-3H2,1H3,(H2,13,15,16)/t6-,7?,10+/m0/s1. The Morgan fingerprint density at radius 2 is 2.37 bits per heavy atom. The molecule has 8 heteroatoms. The van der Waals surface area contributed by atoms with Crippen molar-refractivity contribution in [1.82, 2.24) is 19.5 Å². The van der Waals surface area contributed by atoms with Crippen LogP contribution in [0, 0.1) is 6.92 Å². The molecule has 102 valence electrons. The van der Waals surface area contributed by atoms with E-state index in [2.05, 4.69) is 15.0 Å². The number of imidazole rings is 1. The van der Waals surface area contributed by atoms with Crippen LogP contribution in [0.3, 0.4) is 0 Å². The van der Waals surface area contributed by atoms with Gasteiger partial charge in [0.05, 0.1) is 24.7 Å². The monoisotopic (exact) mass is 267 g/mol. The van der Waals surface area contributed by atoms with E-state index in [0.717, 1.165) is 0 Å². The summed E-state index contributed by atoms with van der Waals surface area (Å²) in [4.78, 5) is 12.3. The molecule has 1 fully saturated rings. The molecular formula is C11H14FN5O2. The molecule has 0 radical (unpaired) electrons. The predicted octanol–water partition coefficient (Wildman–Crippen LogP) is 0.335. The number of hydrogen-bond donors (Lipinski definition) is 2. The van der Waals surface area contributed by atoms with Crippen molar-refractivity contribution in [3.63, 3.8) is 0 Å². The van der Waals surface area contributed by atoms with Gasteiger partial charge in [-0.15, -0.1) is 0 Å². The van der Waals surface area contributed by atoms with Gasteiger partial charge >= 0.3 is 0 Å². The normalized spacial score (nSPS) is 27.2. The fourth-order valence-electron chi connectivity index (χ4n) is 2.33. The Labute approximate surface area is 108 Å². The highest BCUT2D eigenvalue weighted by Gasteiger charge is 2.37. The van der Waals surface area contributed by atoms with E-state index in [1.54, 1.807) is 6.92 Å². The highest BCUT2D eigenvalue weighted by molar-refractivity contribution is 5.74. The number of nitrogen functional groups attached to an aromatic ring is 1. The number of halogens is 1. The molecule has 1 aliphatic rings. The van der Waals surface area contributed by atoms with Gasteiger partial charge in [-0.1, -0.05) is 0 Å². The van der Waals surface area contributed by atoms with Crippen LogP contribution in [-0.2, 0) is 4.74 Å². The number of aliphatic hydroxyl groups excluding tert-OH is 1. The van der Waals surface area contributed by atoms with Gasteiger partial charge in [0.1, 0.15) is 11.7 Å². The van der Waals surface area contributed by atoms with Crippen molar-refractivity contribution in [2.24, 2.45) is 0 Å². The maximum absolute atomic E-state index is 14.0. The van der Waals surface area contributed by atoms with Crippen LogP contribution in [0.5, 0.6) is 0 Å². The lowest BCUT2D eigenvalue weighted by Crippen LogP contribution is -2.17. The number of rotatable bonds is 2. The third kappa shape index (κ3) is 1.92. The van der Waals surface area contributed by atoms with Crippen LogP contribution < -0.4 is 5.73 Å². The van der Waals surface area contributed by atoms with Crippen LogP contribution in [0.1, 0.15) is 18.3 Å². The van der Waals surface area contributed by atoms with E-state index < -0.39 is 18.5 Å². The number of fused-ring (bicyclic) bond motifs is 1. The van der Waals surface area contributed by atoms with E-state index in [9.17, 15) is 4.39 Å². The van der Waals surface area contributed by atoms with Gasteiger partial charge in [-0.3, -0.25) is 4.57 Å². The van der Waals surface area contributed by atoms with E-state index in [4.69, 9.17) is 15.6 Å². The number of alkyl halides is 1. The van der Waals surface area contributed by atoms with Crippen molar-refractivity contribution >= 4 is 17.1 Å². The van der Waals surface area contributed by atoms with Gasteiger partial charge < -0.3 is 15.6 Å². The molecule has 3 heterocycles. The Balaban J connectivity index is 2.06. The first-order valence-corrected chi connectivity index (χ1v) is 5.97. The molecule has 0 amide bonds. The van der Waals surface area contributed by atoms with Crippen LogP contribution in [0.25, 0.3) is 11.2 Å². The maximum Gasteiger partial charge on any atom is 0.222 e. The number of ether oxygens (including phenoxy) is 1. The van der Waals surface area contributed by atoms with Crippen molar-refractivity contribution < 1.29 is 14.2 Å². The molecule has 0 aromatic carbocycles. The van der Waals surface area contributed by atoms with E-state index in [1.807, 2.05) is 0 Å². The van der Waals surface area contributed by atoms with Crippen molar-refractivity contribution in [3.05, 3.63) is 12.0 Å². The van der Waals surface area contributed by atoms with Gasteiger partial charge in [0, 0.05) is 6.42 Å². The molecule has 3 rings (SSSR count). The second-order valence-electron chi connectivity index (χ2n) is 4.57. The number of aromatic nitrogens is 4. The Morgan fingerprint density at radius 3 is 3.05 bits per heavy atom. The molecule has 2 aromatic rings. The molecule has 0 spiro atoms. The Morgan fingerprint density at radius 1 is 1.58 bits per heavy atom. The molecule has 7 nitrogen and oxygen atoms in total. The predicted molar refractivity (Wildman–Crippen MR) is 65.0 cm³/mol. The SMILES string of the molecule is Cc1nc(N)nc2c1ncn2[C@@H]1O[C@H](CO)CC1F. The first-order chi connectivity index (χ1) is 9.10. The van der Waals surface area contributed by atoms with Gasteiger partial charge in [-0.2, -0.15) is 4.98 Å². The number of nitrogens with two attached hydrogens (primary N) is 1. The summed E-state index contributed by atoms with van der Waals surface area (Å²) in [5, 5.41) is 9.04. The van der Waals surface area contributed by atoms with Gasteiger partial charge in [0.2, 0.25) is 5.95 Å². The van der Waals surface area contributed by atoms with E-state index in [0.29, 0.717) is 16.9 Å². The molecule has 0 aliphatic carbocycles. The third-order valence-corrected chi connectivity index (χ3v) is 3.22. The van der Waals surface area contributed by atoms with Crippen molar-refractivity contribution in [2.45, 2.75) is 31.8 Å². The smallest absolute Gasteiger partial charge is 0.222 e. The lowest BCUT2D eigenvalue weighted by atomic mass is 10.2. The van der Waals surface area contributed by atoms with Gasteiger partial charge in [-0.25, -0.2) is 14.4 Å². The second-order valence-corrected chi connectivity index (χ2v) is 4.57. The number of hydrogen-bond acceptors (Lipinski definition) is 6. The summed E-state index contributed by atoms with van der Waals surface area (Å²) in [6.07, 6.45) is -0.942.